The highest BCUT2D eigenvalue weighted by Crippen LogP contribution is 2.57. The van der Waals surface area contributed by atoms with Crippen molar-refractivity contribution in [3.05, 3.63) is 271 Å². The van der Waals surface area contributed by atoms with Gasteiger partial charge in [-0.3, -0.25) is 0 Å². The van der Waals surface area contributed by atoms with Gasteiger partial charge in [0.15, 0.2) is 0 Å². The van der Waals surface area contributed by atoms with E-state index in [0.717, 1.165) is 55.7 Å². The van der Waals surface area contributed by atoms with E-state index < -0.39 is 5.41 Å². The molecule has 0 N–H and O–H groups in total. The zero-order chi connectivity index (χ0) is 42.9. The number of para-hydroxylation sites is 2. The maximum Gasteiger partial charge on any atom is 0.143 e. The molecular weight excluding hydrogens is 787 g/mol. The van der Waals surface area contributed by atoms with Crippen LogP contribution in [0.15, 0.2) is 253 Å². The molecule has 1 aliphatic rings. The lowest BCUT2D eigenvalue weighted by Gasteiger charge is -2.35. The molecule has 0 amide bonds. The van der Waals surface area contributed by atoms with E-state index in [4.69, 9.17) is 4.42 Å². The van der Waals surface area contributed by atoms with Crippen LogP contribution in [-0.2, 0) is 5.41 Å². The van der Waals surface area contributed by atoms with Gasteiger partial charge in [-0.1, -0.05) is 200 Å². The molecule has 65 heavy (non-hydrogen) atoms. The van der Waals surface area contributed by atoms with Gasteiger partial charge in [0.2, 0.25) is 0 Å². The topological polar surface area (TPSA) is 16.4 Å². The quantitative estimate of drug-likeness (QED) is 0.159. The average molecular weight is 828 g/mol. The Labute approximate surface area is 377 Å². The van der Waals surface area contributed by atoms with Gasteiger partial charge in [0, 0.05) is 33.3 Å². The molecule has 13 rings (SSSR count). The van der Waals surface area contributed by atoms with Crippen molar-refractivity contribution in [2.45, 2.75) is 5.41 Å². The maximum absolute atomic E-state index is 6.91. The number of benzene rings is 11. The van der Waals surface area contributed by atoms with Crippen LogP contribution < -0.4 is 4.90 Å². The Morgan fingerprint density at radius 1 is 0.323 bits per heavy atom. The minimum Gasteiger partial charge on any atom is -0.455 e. The molecule has 2 heteroatoms. The van der Waals surface area contributed by atoms with Gasteiger partial charge in [0.1, 0.15) is 11.2 Å². The van der Waals surface area contributed by atoms with E-state index in [9.17, 15) is 0 Å². The summed E-state index contributed by atoms with van der Waals surface area (Å²) >= 11 is 0. The van der Waals surface area contributed by atoms with Crippen LogP contribution in [0.4, 0.5) is 17.1 Å². The molecule has 0 aliphatic heterocycles. The van der Waals surface area contributed by atoms with E-state index in [2.05, 4.69) is 254 Å². The highest BCUT2D eigenvalue weighted by atomic mass is 16.3. The van der Waals surface area contributed by atoms with Crippen LogP contribution in [0, 0.1) is 0 Å². The van der Waals surface area contributed by atoms with Gasteiger partial charge < -0.3 is 9.32 Å². The lowest BCUT2D eigenvalue weighted by atomic mass is 9.67. The predicted octanol–water partition coefficient (Wildman–Crippen LogP) is 17.1. The summed E-state index contributed by atoms with van der Waals surface area (Å²) in [5.74, 6) is 0. The number of hydrogen-bond donors (Lipinski definition) is 0. The second-order valence-corrected chi connectivity index (χ2v) is 17.2. The smallest absolute Gasteiger partial charge is 0.143 e. The number of fused-ring (bicyclic) bond motifs is 8. The summed E-state index contributed by atoms with van der Waals surface area (Å²) in [5, 5.41) is 7.05. The zero-order valence-electron chi connectivity index (χ0n) is 35.5. The van der Waals surface area contributed by atoms with Crippen molar-refractivity contribution < 1.29 is 4.42 Å². The monoisotopic (exact) mass is 827 g/mol. The van der Waals surface area contributed by atoms with E-state index >= 15 is 0 Å². The maximum atomic E-state index is 6.91. The fourth-order valence-electron chi connectivity index (χ4n) is 10.8. The molecule has 304 valence electrons. The zero-order valence-corrected chi connectivity index (χ0v) is 35.5. The molecule has 1 heterocycles. The first kappa shape index (κ1) is 37.1. The van der Waals surface area contributed by atoms with Crippen LogP contribution in [0.5, 0.6) is 0 Å². The summed E-state index contributed by atoms with van der Waals surface area (Å²) in [7, 11) is 0. The summed E-state index contributed by atoms with van der Waals surface area (Å²) in [6.45, 7) is 0. The molecule has 0 bridgehead atoms. The summed E-state index contributed by atoms with van der Waals surface area (Å²) in [5.41, 5.74) is 16.4. The van der Waals surface area contributed by atoms with Crippen molar-refractivity contribution in [2.75, 3.05) is 4.90 Å². The van der Waals surface area contributed by atoms with Gasteiger partial charge in [-0.25, -0.2) is 0 Å². The van der Waals surface area contributed by atoms with Crippen LogP contribution >= 0.6 is 0 Å². The number of hydrogen-bond acceptors (Lipinski definition) is 2. The molecule has 0 unspecified atom stereocenters. The van der Waals surface area contributed by atoms with Crippen molar-refractivity contribution in [1.29, 1.82) is 0 Å². The van der Waals surface area contributed by atoms with Crippen molar-refractivity contribution in [3.63, 3.8) is 0 Å². The molecule has 1 aromatic heterocycles. The van der Waals surface area contributed by atoms with E-state index in [1.165, 1.54) is 60.5 Å². The average Bonchev–Trinajstić information content (AvgIpc) is 3.89. The molecule has 0 saturated carbocycles. The minimum atomic E-state index is -0.550. The lowest BCUT2D eigenvalue weighted by molar-refractivity contribution is 0.670. The Hall–Kier alpha value is -8.46. The molecule has 11 aromatic carbocycles. The molecule has 0 radical (unpaired) electrons. The van der Waals surface area contributed by atoms with Gasteiger partial charge in [-0.2, -0.15) is 0 Å². The molecule has 0 saturated heterocycles. The van der Waals surface area contributed by atoms with Crippen molar-refractivity contribution in [1.82, 2.24) is 0 Å². The molecule has 2 nitrogen and oxygen atoms in total. The highest BCUT2D eigenvalue weighted by molar-refractivity contribution is 6.14. The Bertz CT molecular complexity index is 3750. The Morgan fingerprint density at radius 3 is 1.69 bits per heavy atom. The van der Waals surface area contributed by atoms with Gasteiger partial charge in [-0.15, -0.1) is 0 Å². The third-order valence-electron chi connectivity index (χ3n) is 13.7. The van der Waals surface area contributed by atoms with Crippen LogP contribution in [0.1, 0.15) is 22.3 Å². The molecule has 12 aromatic rings. The Balaban J connectivity index is 1.07. The first-order valence-corrected chi connectivity index (χ1v) is 22.4. The van der Waals surface area contributed by atoms with Crippen LogP contribution in [0.2, 0.25) is 0 Å². The van der Waals surface area contributed by atoms with Gasteiger partial charge in [0.05, 0.1) is 11.1 Å². The van der Waals surface area contributed by atoms with E-state index in [-0.39, 0.29) is 0 Å². The van der Waals surface area contributed by atoms with E-state index in [1.807, 2.05) is 0 Å². The summed E-state index contributed by atoms with van der Waals surface area (Å²) in [6.07, 6.45) is 0. The van der Waals surface area contributed by atoms with Crippen LogP contribution in [0.25, 0.3) is 76.9 Å². The summed E-state index contributed by atoms with van der Waals surface area (Å²) < 4.78 is 6.91. The summed E-state index contributed by atoms with van der Waals surface area (Å²) in [4.78, 5) is 2.46. The van der Waals surface area contributed by atoms with E-state index in [0.29, 0.717) is 0 Å². The van der Waals surface area contributed by atoms with Gasteiger partial charge in [0.25, 0.3) is 0 Å². The van der Waals surface area contributed by atoms with Crippen molar-refractivity contribution in [3.8, 4) is 33.4 Å². The standard InChI is InChI=1S/C63H41NO/c1-3-22-48(23-4-1)63(49-24-5-2-6-25-49)58-31-13-11-27-52(58)53-36-35-51(41-59(53)63)64(50-26-15-21-44(38-50)47-34-33-42-17-7-8-18-43(42)37-47)60-32-14-12-28-54(60)55-29-16-30-56-57-39-45-19-9-10-20-46(45)40-61(57)65-62(55)56/h1-41H. The fraction of sp³-hybridized carbons (Fsp3) is 0.0159. The number of rotatable bonds is 7. The number of furan rings is 1. The molecule has 1 aliphatic carbocycles. The third-order valence-corrected chi connectivity index (χ3v) is 13.7. The molecule has 0 fully saturated rings. The van der Waals surface area contributed by atoms with Gasteiger partial charge in [-0.05, 0) is 115 Å². The Kier molecular flexibility index (Phi) is 8.47. The third kappa shape index (κ3) is 5.81. The number of anilines is 3. The first-order chi connectivity index (χ1) is 32.2. The molecule has 0 spiro atoms. The molecule has 0 atom stereocenters. The molecular formula is C63H41NO. The second-order valence-electron chi connectivity index (χ2n) is 17.2. The SMILES string of the molecule is c1ccc(C2(c3ccccc3)c3ccccc3-c3ccc(N(c4cccc(-c5ccc6ccccc6c5)c4)c4ccccc4-c4cccc5c4oc4cc6ccccc6cc45)cc32)cc1. The first-order valence-electron chi connectivity index (χ1n) is 22.4. The Morgan fingerprint density at radius 2 is 0.908 bits per heavy atom. The highest BCUT2D eigenvalue weighted by Gasteiger charge is 2.46. The second kappa shape index (κ2) is 14.8. The van der Waals surface area contributed by atoms with E-state index in [1.54, 1.807) is 0 Å². The largest absolute Gasteiger partial charge is 0.455 e. The van der Waals surface area contributed by atoms with Crippen molar-refractivity contribution >= 4 is 60.5 Å². The predicted molar refractivity (Wildman–Crippen MR) is 272 cm³/mol. The number of nitrogens with zero attached hydrogens (tertiary/aromatic N) is 1. The lowest BCUT2D eigenvalue weighted by Crippen LogP contribution is -2.28. The summed E-state index contributed by atoms with van der Waals surface area (Å²) in [6, 6.07) is 90.9. The van der Waals surface area contributed by atoms with Crippen molar-refractivity contribution in [2.24, 2.45) is 0 Å². The minimum absolute atomic E-state index is 0.550. The van der Waals surface area contributed by atoms with Crippen LogP contribution in [0.3, 0.4) is 0 Å². The fourth-order valence-corrected chi connectivity index (χ4v) is 10.8. The van der Waals surface area contributed by atoms with Gasteiger partial charge >= 0.3 is 0 Å². The normalized spacial score (nSPS) is 12.7. The van der Waals surface area contributed by atoms with Crippen LogP contribution in [-0.4, -0.2) is 0 Å².